The van der Waals surface area contributed by atoms with Gasteiger partial charge >= 0.3 is 5.97 Å². The van der Waals surface area contributed by atoms with Crippen LogP contribution < -0.4 is 9.64 Å². The summed E-state index contributed by atoms with van der Waals surface area (Å²) in [5, 5.41) is 1.09. The standard InChI is InChI=1S/C19H24N2O3/c1-4-24-19(22)14-7-6-10-21(12-14)17-11-13(2)15-8-5-9-16(23-3)18(15)20-17/h5,8-9,11,14H,4,6-7,10,12H2,1-3H3/t14-/m1/s1. The van der Waals surface area contributed by atoms with E-state index in [-0.39, 0.29) is 11.9 Å². The van der Waals surface area contributed by atoms with Crippen LogP contribution in [0.1, 0.15) is 25.3 Å². The van der Waals surface area contributed by atoms with Crippen molar-refractivity contribution in [2.45, 2.75) is 26.7 Å². The largest absolute Gasteiger partial charge is 0.494 e. The Bertz CT molecular complexity index is 745. The zero-order valence-corrected chi connectivity index (χ0v) is 14.5. The normalized spacial score (nSPS) is 17.8. The summed E-state index contributed by atoms with van der Waals surface area (Å²) in [5.74, 6) is 1.50. The van der Waals surface area contributed by atoms with Crippen molar-refractivity contribution in [1.29, 1.82) is 0 Å². The number of nitrogens with zero attached hydrogens (tertiary/aromatic N) is 2. The van der Waals surface area contributed by atoms with Crippen LogP contribution in [0.5, 0.6) is 5.75 Å². The molecule has 128 valence electrons. The van der Waals surface area contributed by atoms with E-state index in [1.54, 1.807) is 7.11 Å². The summed E-state index contributed by atoms with van der Waals surface area (Å²) in [6, 6.07) is 8.06. The highest BCUT2D eigenvalue weighted by molar-refractivity contribution is 5.89. The molecule has 1 fully saturated rings. The lowest BCUT2D eigenvalue weighted by molar-refractivity contribution is -0.148. The first-order valence-corrected chi connectivity index (χ1v) is 8.50. The van der Waals surface area contributed by atoms with E-state index in [2.05, 4.69) is 24.0 Å². The smallest absolute Gasteiger partial charge is 0.310 e. The number of hydrogen-bond acceptors (Lipinski definition) is 5. The summed E-state index contributed by atoms with van der Waals surface area (Å²) in [4.78, 5) is 19.1. The number of fused-ring (bicyclic) bond motifs is 1. The summed E-state index contributed by atoms with van der Waals surface area (Å²) >= 11 is 0. The molecule has 1 aliphatic rings. The molecule has 0 unspecified atom stereocenters. The number of ether oxygens (including phenoxy) is 2. The molecule has 24 heavy (non-hydrogen) atoms. The first-order chi connectivity index (χ1) is 11.6. The molecule has 1 atom stereocenters. The van der Waals surface area contributed by atoms with E-state index in [1.165, 1.54) is 0 Å². The van der Waals surface area contributed by atoms with Gasteiger partial charge in [0.1, 0.15) is 17.1 Å². The molecule has 0 amide bonds. The summed E-state index contributed by atoms with van der Waals surface area (Å²) in [6.07, 6.45) is 1.85. The van der Waals surface area contributed by atoms with Crippen LogP contribution in [0.15, 0.2) is 24.3 Å². The third-order valence-corrected chi connectivity index (χ3v) is 4.58. The maximum Gasteiger partial charge on any atom is 0.310 e. The highest BCUT2D eigenvalue weighted by Gasteiger charge is 2.28. The van der Waals surface area contributed by atoms with Crippen LogP contribution in [0.2, 0.25) is 0 Å². The van der Waals surface area contributed by atoms with Crippen LogP contribution in [0.4, 0.5) is 5.82 Å². The van der Waals surface area contributed by atoms with Crippen LogP contribution in [-0.4, -0.2) is 37.8 Å². The fourth-order valence-electron chi connectivity index (χ4n) is 3.34. The number of carbonyl (C=O) groups excluding carboxylic acids is 1. The van der Waals surface area contributed by atoms with Gasteiger partial charge in [0.25, 0.3) is 0 Å². The van der Waals surface area contributed by atoms with Crippen molar-refractivity contribution in [1.82, 2.24) is 4.98 Å². The Balaban J connectivity index is 1.92. The van der Waals surface area contributed by atoms with Gasteiger partial charge < -0.3 is 14.4 Å². The Morgan fingerprint density at radius 1 is 1.42 bits per heavy atom. The monoisotopic (exact) mass is 328 g/mol. The van der Waals surface area contributed by atoms with Crippen molar-refractivity contribution in [3.8, 4) is 5.75 Å². The van der Waals surface area contributed by atoms with Gasteiger partial charge in [-0.2, -0.15) is 0 Å². The van der Waals surface area contributed by atoms with Crippen molar-refractivity contribution in [2.75, 3.05) is 31.7 Å². The molecule has 2 heterocycles. The van der Waals surface area contributed by atoms with Gasteiger partial charge in [-0.3, -0.25) is 4.79 Å². The van der Waals surface area contributed by atoms with Crippen molar-refractivity contribution in [2.24, 2.45) is 5.92 Å². The Kier molecular flexibility index (Phi) is 4.88. The minimum absolute atomic E-state index is 0.0748. The molecule has 1 aromatic heterocycles. The fourth-order valence-corrected chi connectivity index (χ4v) is 3.34. The first-order valence-electron chi connectivity index (χ1n) is 8.50. The van der Waals surface area contributed by atoms with E-state index < -0.39 is 0 Å². The molecule has 0 aliphatic carbocycles. The molecule has 0 radical (unpaired) electrons. The van der Waals surface area contributed by atoms with Crippen LogP contribution in [0, 0.1) is 12.8 Å². The van der Waals surface area contributed by atoms with Gasteiger partial charge in [0, 0.05) is 18.5 Å². The molecule has 1 aromatic carbocycles. The molecular weight excluding hydrogens is 304 g/mol. The number of anilines is 1. The Labute approximate surface area is 142 Å². The van der Waals surface area contributed by atoms with E-state index in [0.29, 0.717) is 13.2 Å². The number of aryl methyl sites for hydroxylation is 1. The van der Waals surface area contributed by atoms with Gasteiger partial charge in [0.05, 0.1) is 19.6 Å². The number of benzene rings is 1. The summed E-state index contributed by atoms with van der Waals surface area (Å²) in [6.45, 7) is 5.92. The van der Waals surface area contributed by atoms with E-state index in [0.717, 1.165) is 47.4 Å². The third-order valence-electron chi connectivity index (χ3n) is 4.58. The lowest BCUT2D eigenvalue weighted by Gasteiger charge is -2.32. The molecule has 0 spiro atoms. The summed E-state index contributed by atoms with van der Waals surface area (Å²) in [5.41, 5.74) is 2.03. The predicted octanol–water partition coefficient (Wildman–Crippen LogP) is 3.33. The second kappa shape index (κ2) is 7.07. The number of piperidine rings is 1. The number of hydrogen-bond donors (Lipinski definition) is 0. The average molecular weight is 328 g/mol. The second-order valence-electron chi connectivity index (χ2n) is 6.19. The highest BCUT2D eigenvalue weighted by Crippen LogP contribution is 2.31. The van der Waals surface area contributed by atoms with Crippen molar-refractivity contribution in [3.63, 3.8) is 0 Å². The lowest BCUT2D eigenvalue weighted by Crippen LogP contribution is -2.39. The molecule has 0 bridgehead atoms. The molecule has 3 rings (SSSR count). The van der Waals surface area contributed by atoms with Gasteiger partial charge in [-0.25, -0.2) is 4.98 Å². The number of carbonyl (C=O) groups is 1. The maximum absolute atomic E-state index is 12.1. The van der Waals surface area contributed by atoms with Gasteiger partial charge in [0.15, 0.2) is 0 Å². The topological polar surface area (TPSA) is 51.7 Å². The number of aromatic nitrogens is 1. The number of esters is 1. The van der Waals surface area contributed by atoms with Gasteiger partial charge in [0.2, 0.25) is 0 Å². The van der Waals surface area contributed by atoms with E-state index >= 15 is 0 Å². The third kappa shape index (κ3) is 3.16. The minimum Gasteiger partial charge on any atom is -0.494 e. The Morgan fingerprint density at radius 3 is 3.00 bits per heavy atom. The highest BCUT2D eigenvalue weighted by atomic mass is 16.5. The number of methoxy groups -OCH3 is 1. The maximum atomic E-state index is 12.1. The van der Waals surface area contributed by atoms with Crippen molar-refractivity contribution >= 4 is 22.7 Å². The van der Waals surface area contributed by atoms with Crippen LogP contribution in [0.25, 0.3) is 10.9 Å². The predicted molar refractivity (Wildman–Crippen MR) is 94.6 cm³/mol. The van der Waals surface area contributed by atoms with Crippen LogP contribution in [0.3, 0.4) is 0 Å². The minimum atomic E-state index is -0.0997. The number of rotatable bonds is 4. The quantitative estimate of drug-likeness (QED) is 0.806. The Morgan fingerprint density at radius 2 is 2.25 bits per heavy atom. The van der Waals surface area contributed by atoms with E-state index in [9.17, 15) is 4.79 Å². The van der Waals surface area contributed by atoms with Gasteiger partial charge in [-0.1, -0.05) is 12.1 Å². The van der Waals surface area contributed by atoms with Gasteiger partial charge in [-0.15, -0.1) is 0 Å². The molecule has 5 nitrogen and oxygen atoms in total. The number of pyridine rings is 1. The molecule has 5 heteroatoms. The molecular formula is C19H24N2O3. The molecule has 2 aromatic rings. The SMILES string of the molecule is CCOC(=O)[C@@H]1CCCN(c2cc(C)c3cccc(OC)c3n2)C1. The molecule has 1 aliphatic heterocycles. The average Bonchev–Trinajstić information content (AvgIpc) is 2.61. The zero-order chi connectivity index (χ0) is 17.1. The van der Waals surface area contributed by atoms with Crippen LogP contribution in [-0.2, 0) is 9.53 Å². The summed E-state index contributed by atoms with van der Waals surface area (Å²) in [7, 11) is 1.66. The summed E-state index contributed by atoms with van der Waals surface area (Å²) < 4.78 is 10.7. The van der Waals surface area contributed by atoms with Crippen molar-refractivity contribution < 1.29 is 14.3 Å². The molecule has 0 saturated carbocycles. The Hall–Kier alpha value is -2.30. The van der Waals surface area contributed by atoms with Gasteiger partial charge in [-0.05, 0) is 44.4 Å². The lowest BCUT2D eigenvalue weighted by atomic mass is 9.98. The first kappa shape index (κ1) is 16.6. The van der Waals surface area contributed by atoms with E-state index in [1.807, 2.05) is 19.1 Å². The van der Waals surface area contributed by atoms with Crippen LogP contribution >= 0.6 is 0 Å². The van der Waals surface area contributed by atoms with E-state index in [4.69, 9.17) is 14.5 Å². The zero-order valence-electron chi connectivity index (χ0n) is 14.5. The molecule has 0 N–H and O–H groups in total. The number of para-hydroxylation sites is 1. The molecule has 1 saturated heterocycles. The second-order valence-corrected chi connectivity index (χ2v) is 6.19. The fraction of sp³-hybridized carbons (Fsp3) is 0.474. The van der Waals surface area contributed by atoms with Crippen molar-refractivity contribution in [3.05, 3.63) is 29.8 Å².